The average molecular weight is 387 g/mol. The molecule has 0 radical (unpaired) electrons. The summed E-state index contributed by atoms with van der Waals surface area (Å²) in [5.41, 5.74) is 4.59. The summed E-state index contributed by atoms with van der Waals surface area (Å²) in [6.45, 7) is 6.02. The molecular formula is C24H34O4. The van der Waals surface area contributed by atoms with Gasteiger partial charge < -0.3 is 19.7 Å². The molecule has 0 saturated carbocycles. The first-order chi connectivity index (χ1) is 13.7. The number of hydrogen-bond acceptors (Lipinski definition) is 4. The normalized spacial score (nSPS) is 10.9. The molecule has 2 aromatic rings. The van der Waals surface area contributed by atoms with Gasteiger partial charge in [0.05, 0.1) is 13.2 Å². The third-order valence-corrected chi connectivity index (χ3v) is 4.80. The van der Waals surface area contributed by atoms with Crippen molar-refractivity contribution in [2.45, 2.75) is 52.4 Å². The van der Waals surface area contributed by atoms with Gasteiger partial charge in [0.1, 0.15) is 11.5 Å². The minimum Gasteiger partial charge on any atom is -0.493 e. The lowest BCUT2D eigenvalue weighted by Crippen LogP contribution is -2.00. The van der Waals surface area contributed by atoms with Gasteiger partial charge in [0.25, 0.3) is 0 Å². The zero-order valence-electron chi connectivity index (χ0n) is 17.2. The standard InChI is InChI=1S/C24H34O4/c1-19-17-21(9-11-23(19)27-15-7-3-5-13-25)22-10-12-24(20(2)18-22)28-16-8-4-6-14-26/h9-12,17-18,25-26H,3-8,13-16H2,1-2H3. The van der Waals surface area contributed by atoms with E-state index in [9.17, 15) is 0 Å². The molecule has 4 heteroatoms. The lowest BCUT2D eigenvalue weighted by molar-refractivity contribution is 0.265. The van der Waals surface area contributed by atoms with Crippen LogP contribution in [0.1, 0.15) is 49.7 Å². The molecule has 28 heavy (non-hydrogen) atoms. The summed E-state index contributed by atoms with van der Waals surface area (Å²) in [5.74, 6) is 1.85. The fourth-order valence-corrected chi connectivity index (χ4v) is 3.13. The SMILES string of the molecule is Cc1cc(-c2ccc(OCCCCCO)c(C)c2)ccc1OCCCCCO. The smallest absolute Gasteiger partial charge is 0.122 e. The van der Waals surface area contributed by atoms with E-state index < -0.39 is 0 Å². The lowest BCUT2D eigenvalue weighted by Gasteiger charge is -2.13. The van der Waals surface area contributed by atoms with Crippen LogP contribution in [0.5, 0.6) is 11.5 Å². The Morgan fingerprint density at radius 1 is 0.607 bits per heavy atom. The van der Waals surface area contributed by atoms with Crippen molar-refractivity contribution >= 4 is 0 Å². The van der Waals surface area contributed by atoms with E-state index in [4.69, 9.17) is 19.7 Å². The van der Waals surface area contributed by atoms with E-state index in [0.29, 0.717) is 13.2 Å². The summed E-state index contributed by atoms with van der Waals surface area (Å²) in [4.78, 5) is 0. The molecule has 0 aliphatic rings. The molecular weight excluding hydrogens is 352 g/mol. The fourth-order valence-electron chi connectivity index (χ4n) is 3.13. The van der Waals surface area contributed by atoms with Crippen molar-refractivity contribution in [2.24, 2.45) is 0 Å². The first-order valence-corrected chi connectivity index (χ1v) is 10.3. The van der Waals surface area contributed by atoms with E-state index in [1.54, 1.807) is 0 Å². The summed E-state index contributed by atoms with van der Waals surface area (Å²) in [6.07, 6.45) is 5.57. The number of aliphatic hydroxyl groups is 2. The molecule has 2 N–H and O–H groups in total. The summed E-state index contributed by atoms with van der Waals surface area (Å²) in [5, 5.41) is 17.6. The van der Waals surface area contributed by atoms with Gasteiger partial charge in [-0.25, -0.2) is 0 Å². The number of ether oxygens (including phenoxy) is 2. The summed E-state index contributed by atoms with van der Waals surface area (Å²) in [7, 11) is 0. The largest absolute Gasteiger partial charge is 0.493 e. The molecule has 0 spiro atoms. The van der Waals surface area contributed by atoms with Crippen molar-refractivity contribution in [3.63, 3.8) is 0 Å². The van der Waals surface area contributed by atoms with Crippen LogP contribution in [0.25, 0.3) is 11.1 Å². The average Bonchev–Trinajstić information content (AvgIpc) is 2.69. The van der Waals surface area contributed by atoms with Gasteiger partial charge in [0.15, 0.2) is 0 Å². The van der Waals surface area contributed by atoms with Crippen LogP contribution < -0.4 is 9.47 Å². The Morgan fingerprint density at radius 2 is 1.04 bits per heavy atom. The zero-order valence-corrected chi connectivity index (χ0v) is 17.2. The van der Waals surface area contributed by atoms with Crippen LogP contribution in [-0.4, -0.2) is 36.6 Å². The maximum Gasteiger partial charge on any atom is 0.122 e. The first-order valence-electron chi connectivity index (χ1n) is 10.3. The number of benzene rings is 2. The number of hydrogen-bond donors (Lipinski definition) is 2. The molecule has 0 bridgehead atoms. The van der Waals surface area contributed by atoms with Crippen molar-refractivity contribution in [1.29, 1.82) is 0 Å². The number of unbranched alkanes of at least 4 members (excludes halogenated alkanes) is 4. The summed E-state index contributed by atoms with van der Waals surface area (Å²) < 4.78 is 11.7. The Morgan fingerprint density at radius 3 is 1.39 bits per heavy atom. The Labute approximate surface area is 169 Å². The molecule has 0 fully saturated rings. The molecule has 0 amide bonds. The molecule has 4 nitrogen and oxygen atoms in total. The molecule has 2 aromatic carbocycles. The second kappa shape index (κ2) is 12.4. The predicted molar refractivity (Wildman–Crippen MR) is 114 cm³/mol. The van der Waals surface area contributed by atoms with E-state index in [2.05, 4.69) is 38.1 Å². The molecule has 2 rings (SSSR count). The number of aryl methyl sites for hydroxylation is 2. The second-order valence-electron chi connectivity index (χ2n) is 7.23. The third kappa shape index (κ3) is 7.17. The van der Waals surface area contributed by atoms with Gasteiger partial charge in [0, 0.05) is 13.2 Å². The first kappa shape index (κ1) is 22.3. The van der Waals surface area contributed by atoms with E-state index in [1.807, 2.05) is 12.1 Å². The van der Waals surface area contributed by atoms with Crippen LogP contribution >= 0.6 is 0 Å². The molecule has 0 aliphatic carbocycles. The van der Waals surface area contributed by atoms with Crippen LogP contribution in [0.15, 0.2) is 36.4 Å². The van der Waals surface area contributed by atoms with Crippen molar-refractivity contribution in [3.05, 3.63) is 47.5 Å². The van der Waals surface area contributed by atoms with Gasteiger partial charge in [-0.1, -0.05) is 12.1 Å². The summed E-state index contributed by atoms with van der Waals surface area (Å²) in [6, 6.07) is 12.6. The van der Waals surface area contributed by atoms with Crippen molar-refractivity contribution in [2.75, 3.05) is 26.4 Å². The molecule has 0 aliphatic heterocycles. The van der Waals surface area contributed by atoms with Crippen LogP contribution in [0.3, 0.4) is 0 Å². The van der Waals surface area contributed by atoms with E-state index in [0.717, 1.165) is 61.2 Å². The number of rotatable bonds is 13. The van der Waals surface area contributed by atoms with E-state index in [1.165, 1.54) is 11.1 Å². The van der Waals surface area contributed by atoms with Gasteiger partial charge in [-0.3, -0.25) is 0 Å². The fraction of sp³-hybridized carbons (Fsp3) is 0.500. The molecule has 0 saturated heterocycles. The Hall–Kier alpha value is -2.04. The molecule has 0 atom stereocenters. The van der Waals surface area contributed by atoms with Gasteiger partial charge in [-0.15, -0.1) is 0 Å². The molecule has 0 aromatic heterocycles. The monoisotopic (exact) mass is 386 g/mol. The van der Waals surface area contributed by atoms with Crippen molar-refractivity contribution < 1.29 is 19.7 Å². The molecule has 0 unspecified atom stereocenters. The maximum absolute atomic E-state index is 8.82. The van der Waals surface area contributed by atoms with Crippen LogP contribution in [0.2, 0.25) is 0 Å². The van der Waals surface area contributed by atoms with Gasteiger partial charge in [-0.05, 0) is 98.9 Å². The highest BCUT2D eigenvalue weighted by atomic mass is 16.5. The van der Waals surface area contributed by atoms with Crippen molar-refractivity contribution in [1.82, 2.24) is 0 Å². The van der Waals surface area contributed by atoms with Crippen LogP contribution in [0.4, 0.5) is 0 Å². The number of aliphatic hydroxyl groups excluding tert-OH is 2. The highest BCUT2D eigenvalue weighted by Crippen LogP contribution is 2.30. The Kier molecular flexibility index (Phi) is 9.87. The van der Waals surface area contributed by atoms with E-state index >= 15 is 0 Å². The van der Waals surface area contributed by atoms with Gasteiger partial charge in [-0.2, -0.15) is 0 Å². The highest BCUT2D eigenvalue weighted by molar-refractivity contribution is 5.67. The van der Waals surface area contributed by atoms with Gasteiger partial charge >= 0.3 is 0 Å². The summed E-state index contributed by atoms with van der Waals surface area (Å²) >= 11 is 0. The zero-order chi connectivity index (χ0) is 20.2. The molecule has 0 heterocycles. The third-order valence-electron chi connectivity index (χ3n) is 4.80. The van der Waals surface area contributed by atoms with Crippen LogP contribution in [0, 0.1) is 13.8 Å². The molecule has 154 valence electrons. The Bertz CT molecular complexity index is 650. The Balaban J connectivity index is 1.93. The maximum atomic E-state index is 8.82. The predicted octanol–water partition coefficient (Wildman–Crippen LogP) is 5.05. The van der Waals surface area contributed by atoms with E-state index in [-0.39, 0.29) is 13.2 Å². The van der Waals surface area contributed by atoms with Crippen LogP contribution in [-0.2, 0) is 0 Å². The minimum atomic E-state index is 0.251. The second-order valence-corrected chi connectivity index (χ2v) is 7.23. The quantitative estimate of drug-likeness (QED) is 0.473. The lowest BCUT2D eigenvalue weighted by atomic mass is 10.0. The van der Waals surface area contributed by atoms with Crippen molar-refractivity contribution in [3.8, 4) is 22.6 Å². The topological polar surface area (TPSA) is 58.9 Å². The highest BCUT2D eigenvalue weighted by Gasteiger charge is 2.06. The van der Waals surface area contributed by atoms with Gasteiger partial charge in [0.2, 0.25) is 0 Å². The minimum absolute atomic E-state index is 0.251.